The van der Waals surface area contributed by atoms with Crippen molar-refractivity contribution in [2.24, 2.45) is 5.10 Å². The highest BCUT2D eigenvalue weighted by atomic mass is 79.9. The molecule has 2 N–H and O–H groups in total. The molecule has 0 spiro atoms. The molecule has 2 aromatic rings. The van der Waals surface area contributed by atoms with Crippen LogP contribution in [-0.4, -0.2) is 35.1 Å². The van der Waals surface area contributed by atoms with E-state index < -0.39 is 6.04 Å². The van der Waals surface area contributed by atoms with Crippen molar-refractivity contribution in [3.63, 3.8) is 0 Å². The fourth-order valence-electron chi connectivity index (χ4n) is 3.78. The summed E-state index contributed by atoms with van der Waals surface area (Å²) in [4.78, 5) is 13.1. The third-order valence-electron chi connectivity index (χ3n) is 5.04. The van der Waals surface area contributed by atoms with Crippen LogP contribution in [0.25, 0.3) is 0 Å². The van der Waals surface area contributed by atoms with Gasteiger partial charge in [-0.3, -0.25) is 9.80 Å². The lowest BCUT2D eigenvalue weighted by atomic mass is 9.97. The molecule has 0 unspecified atom stereocenters. The number of nitrogens with one attached hydrogen (secondary N) is 2. The summed E-state index contributed by atoms with van der Waals surface area (Å²) < 4.78 is 12.5. The van der Waals surface area contributed by atoms with Crippen LogP contribution in [0, 0.1) is 0 Å². The number of thioether (sulfide) groups is 1. The van der Waals surface area contributed by atoms with Gasteiger partial charge in [-0.2, -0.15) is 0 Å². The van der Waals surface area contributed by atoms with Gasteiger partial charge in [-0.25, -0.2) is 0 Å². The van der Waals surface area contributed by atoms with Gasteiger partial charge in [0, 0.05) is 16.8 Å². The fraction of sp³-hybridized carbons (Fsp3) is 0.304. The standard InChI is InChI=1S/C23H25BrN4O3S/c1-4-11-31-20-16(24)12-14(13-18(20)30-5-2)21-25-17-10-8-7-9-15(17)19-22(29)26-23(32-6-3)27-28(19)21/h4,7-10,12-13,19,21,25H,1,5-6,11H2,2-3H3,(H,26,27,29)/t19-,21+/m1/s1. The second kappa shape index (κ2) is 9.87. The third kappa shape index (κ3) is 4.31. The Balaban J connectivity index is 1.82. The molecule has 4 rings (SSSR count). The lowest BCUT2D eigenvalue weighted by Gasteiger charge is -2.43. The van der Waals surface area contributed by atoms with Crippen molar-refractivity contribution in [2.75, 3.05) is 24.3 Å². The van der Waals surface area contributed by atoms with E-state index in [9.17, 15) is 4.79 Å². The molecule has 1 amide bonds. The fourth-order valence-corrected chi connectivity index (χ4v) is 4.95. The number of amides is 1. The van der Waals surface area contributed by atoms with E-state index in [2.05, 4.69) is 33.1 Å². The van der Waals surface area contributed by atoms with E-state index in [1.54, 1.807) is 6.08 Å². The first-order chi connectivity index (χ1) is 15.6. The number of hydrogen-bond donors (Lipinski definition) is 2. The molecule has 2 aliphatic heterocycles. The Morgan fingerprint density at radius 2 is 2.09 bits per heavy atom. The maximum atomic E-state index is 13.1. The van der Waals surface area contributed by atoms with E-state index in [0.717, 1.165) is 27.0 Å². The van der Waals surface area contributed by atoms with Gasteiger partial charge in [0.05, 0.1) is 11.1 Å². The third-order valence-corrected chi connectivity index (χ3v) is 6.37. The lowest BCUT2D eigenvalue weighted by molar-refractivity contribution is -0.127. The molecule has 32 heavy (non-hydrogen) atoms. The van der Waals surface area contributed by atoms with Crippen LogP contribution in [0.5, 0.6) is 11.5 Å². The number of benzene rings is 2. The number of para-hydroxylation sites is 1. The largest absolute Gasteiger partial charge is 0.490 e. The second-order valence-corrected chi connectivity index (χ2v) is 9.21. The molecular weight excluding hydrogens is 492 g/mol. The van der Waals surface area contributed by atoms with Crippen molar-refractivity contribution in [2.45, 2.75) is 26.1 Å². The van der Waals surface area contributed by atoms with E-state index in [-0.39, 0.29) is 12.1 Å². The number of ether oxygens (including phenoxy) is 2. The number of rotatable bonds is 7. The van der Waals surface area contributed by atoms with Gasteiger partial charge in [0.1, 0.15) is 12.8 Å². The summed E-state index contributed by atoms with van der Waals surface area (Å²) in [6.45, 7) is 8.53. The highest BCUT2D eigenvalue weighted by molar-refractivity contribution is 9.10. The van der Waals surface area contributed by atoms with E-state index in [1.165, 1.54) is 11.8 Å². The maximum absolute atomic E-state index is 13.1. The number of hydrogen-bond acceptors (Lipinski definition) is 7. The van der Waals surface area contributed by atoms with Gasteiger partial charge >= 0.3 is 0 Å². The normalized spacial score (nSPS) is 19.2. The summed E-state index contributed by atoms with van der Waals surface area (Å²) in [5.74, 6) is 1.95. The molecule has 0 bridgehead atoms. The topological polar surface area (TPSA) is 75.2 Å². The number of carbonyl (C=O) groups is 1. The number of hydrazone groups is 1. The number of halogens is 1. The first-order valence-electron chi connectivity index (χ1n) is 10.4. The molecule has 0 fully saturated rings. The minimum Gasteiger partial charge on any atom is -0.490 e. The van der Waals surface area contributed by atoms with Gasteiger partial charge in [0.2, 0.25) is 0 Å². The average Bonchev–Trinajstić information content (AvgIpc) is 2.78. The SMILES string of the molecule is C=CCOc1c(Br)cc([C@H]2Nc3ccccc3[C@@H]3C(=O)NC(SCC)=NN23)cc1OCC. The second-order valence-electron chi connectivity index (χ2n) is 7.11. The summed E-state index contributed by atoms with van der Waals surface area (Å²) in [7, 11) is 0. The smallest absolute Gasteiger partial charge is 0.255 e. The maximum Gasteiger partial charge on any atom is 0.255 e. The molecule has 7 nitrogen and oxygen atoms in total. The van der Waals surface area contributed by atoms with Crippen molar-refractivity contribution < 1.29 is 14.3 Å². The van der Waals surface area contributed by atoms with Gasteiger partial charge < -0.3 is 20.1 Å². The number of carbonyl (C=O) groups excluding carboxylic acids is 1. The molecule has 2 atom stereocenters. The first-order valence-corrected chi connectivity index (χ1v) is 12.2. The summed E-state index contributed by atoms with van der Waals surface area (Å²) in [6.07, 6.45) is 1.31. The monoisotopic (exact) mass is 516 g/mol. The molecule has 0 saturated heterocycles. The van der Waals surface area contributed by atoms with E-state index in [4.69, 9.17) is 14.6 Å². The van der Waals surface area contributed by atoms with Crippen LogP contribution in [0.2, 0.25) is 0 Å². The van der Waals surface area contributed by atoms with E-state index >= 15 is 0 Å². The van der Waals surface area contributed by atoms with Crippen molar-refractivity contribution >= 4 is 44.5 Å². The molecule has 0 saturated carbocycles. The molecule has 0 radical (unpaired) electrons. The Kier molecular flexibility index (Phi) is 6.95. The molecule has 9 heteroatoms. The van der Waals surface area contributed by atoms with Crippen molar-refractivity contribution in [3.05, 3.63) is 64.7 Å². The highest BCUT2D eigenvalue weighted by Crippen LogP contribution is 2.45. The Morgan fingerprint density at radius 1 is 1.28 bits per heavy atom. The summed E-state index contributed by atoms with van der Waals surface area (Å²) in [5, 5.41) is 13.7. The molecule has 0 aromatic heterocycles. The van der Waals surface area contributed by atoms with Crippen LogP contribution >= 0.6 is 27.7 Å². The number of anilines is 1. The zero-order valence-corrected chi connectivity index (χ0v) is 20.3. The van der Waals surface area contributed by atoms with Gasteiger partial charge in [-0.15, -0.1) is 5.10 Å². The predicted molar refractivity (Wildman–Crippen MR) is 132 cm³/mol. The van der Waals surface area contributed by atoms with Crippen LogP contribution in [0.15, 0.2) is 58.6 Å². The first kappa shape index (κ1) is 22.5. The van der Waals surface area contributed by atoms with Crippen LogP contribution in [-0.2, 0) is 4.79 Å². The predicted octanol–water partition coefficient (Wildman–Crippen LogP) is 5.03. The van der Waals surface area contributed by atoms with Gasteiger partial charge in [-0.1, -0.05) is 49.5 Å². The summed E-state index contributed by atoms with van der Waals surface area (Å²) in [5.41, 5.74) is 2.68. The lowest BCUT2D eigenvalue weighted by Crippen LogP contribution is -2.50. The Morgan fingerprint density at radius 3 is 2.84 bits per heavy atom. The zero-order valence-electron chi connectivity index (χ0n) is 17.9. The Bertz CT molecular complexity index is 1060. The van der Waals surface area contributed by atoms with Gasteiger partial charge in [0.25, 0.3) is 5.91 Å². The van der Waals surface area contributed by atoms with E-state index in [1.807, 2.05) is 55.3 Å². The van der Waals surface area contributed by atoms with Crippen molar-refractivity contribution in [1.82, 2.24) is 10.3 Å². The molecule has 168 valence electrons. The highest BCUT2D eigenvalue weighted by Gasteiger charge is 2.42. The molecule has 2 aromatic carbocycles. The number of amidine groups is 1. The van der Waals surface area contributed by atoms with E-state index in [0.29, 0.717) is 29.9 Å². The molecule has 0 aliphatic carbocycles. The van der Waals surface area contributed by atoms with Gasteiger partial charge in [-0.05, 0) is 46.8 Å². The van der Waals surface area contributed by atoms with Crippen LogP contribution in [0.3, 0.4) is 0 Å². The zero-order chi connectivity index (χ0) is 22.7. The van der Waals surface area contributed by atoms with Crippen molar-refractivity contribution in [1.29, 1.82) is 0 Å². The van der Waals surface area contributed by atoms with Crippen LogP contribution in [0.1, 0.15) is 37.2 Å². The van der Waals surface area contributed by atoms with Crippen molar-refractivity contribution in [3.8, 4) is 11.5 Å². The summed E-state index contributed by atoms with van der Waals surface area (Å²) in [6, 6.07) is 11.2. The Hall–Kier alpha value is -2.65. The minimum atomic E-state index is -0.537. The Labute approximate surface area is 200 Å². The number of nitrogens with zero attached hydrogens (tertiary/aromatic N) is 2. The van der Waals surface area contributed by atoms with Crippen LogP contribution < -0.4 is 20.1 Å². The van der Waals surface area contributed by atoms with Gasteiger partial charge in [0.15, 0.2) is 22.7 Å². The average molecular weight is 517 g/mol. The molecule has 2 aliphatic rings. The molecular formula is C23H25BrN4O3S. The summed E-state index contributed by atoms with van der Waals surface area (Å²) >= 11 is 5.13. The minimum absolute atomic E-state index is 0.0927. The van der Waals surface area contributed by atoms with Crippen LogP contribution in [0.4, 0.5) is 5.69 Å². The number of fused-ring (bicyclic) bond motifs is 3. The molecule has 2 heterocycles. The quantitative estimate of drug-likeness (QED) is 0.502.